The van der Waals surface area contributed by atoms with Gasteiger partial charge in [-0.3, -0.25) is 9.69 Å². The van der Waals surface area contributed by atoms with Crippen molar-refractivity contribution in [2.75, 3.05) is 13.1 Å². The number of hydrogen-bond donors (Lipinski definition) is 1. The maximum atomic E-state index is 12.8. The van der Waals surface area contributed by atoms with E-state index in [4.69, 9.17) is 0 Å². The molecule has 1 atom stereocenters. The lowest BCUT2D eigenvalue weighted by Crippen LogP contribution is -2.69. The van der Waals surface area contributed by atoms with E-state index >= 15 is 0 Å². The molecule has 1 N–H and O–H groups in total. The van der Waals surface area contributed by atoms with Gasteiger partial charge in [-0.2, -0.15) is 0 Å². The third-order valence-corrected chi connectivity index (χ3v) is 6.79. The van der Waals surface area contributed by atoms with Gasteiger partial charge in [0.2, 0.25) is 0 Å². The zero-order chi connectivity index (χ0) is 16.2. The summed E-state index contributed by atoms with van der Waals surface area (Å²) in [6, 6.07) is 8.49. The number of fused-ring (bicyclic) bond motifs is 4. The number of aryl methyl sites for hydroxylation is 1. The van der Waals surface area contributed by atoms with Crippen LogP contribution in [0.2, 0.25) is 0 Å². The van der Waals surface area contributed by atoms with Crippen molar-refractivity contribution in [3.8, 4) is 0 Å². The largest absolute Gasteiger partial charge is 0.347 e. The van der Waals surface area contributed by atoms with Crippen LogP contribution in [-0.2, 0) is 0 Å². The minimum Gasteiger partial charge on any atom is -0.347 e. The molecular formula is C19H24N2OS. The Labute approximate surface area is 141 Å². The average Bonchev–Trinajstić information content (AvgIpc) is 2.90. The van der Waals surface area contributed by atoms with Gasteiger partial charge in [-0.05, 0) is 76.2 Å². The summed E-state index contributed by atoms with van der Waals surface area (Å²) in [7, 11) is 0. The normalized spacial score (nSPS) is 28.9. The summed E-state index contributed by atoms with van der Waals surface area (Å²) in [5.41, 5.74) is 0.840. The first-order valence-electron chi connectivity index (χ1n) is 8.51. The van der Waals surface area contributed by atoms with Gasteiger partial charge in [0.1, 0.15) is 0 Å². The van der Waals surface area contributed by atoms with Crippen LogP contribution in [0.4, 0.5) is 0 Å². The number of carbonyl (C=O) groups is 1. The number of benzene rings is 1. The minimum atomic E-state index is 0.0560. The molecule has 3 aliphatic rings. The number of rotatable bonds is 2. The molecule has 3 saturated heterocycles. The van der Waals surface area contributed by atoms with Crippen molar-refractivity contribution in [1.29, 1.82) is 0 Å². The molecule has 0 aliphatic carbocycles. The molecule has 122 valence electrons. The summed E-state index contributed by atoms with van der Waals surface area (Å²) in [6.07, 6.45) is 2.41. The lowest BCUT2D eigenvalue weighted by Gasteiger charge is -2.56. The zero-order valence-electron chi connectivity index (χ0n) is 14.1. The van der Waals surface area contributed by atoms with E-state index in [2.05, 4.69) is 43.1 Å². The Hall–Kier alpha value is -1.39. The van der Waals surface area contributed by atoms with Crippen LogP contribution in [0.25, 0.3) is 10.1 Å². The molecule has 3 aliphatic heterocycles. The summed E-state index contributed by atoms with van der Waals surface area (Å²) in [6.45, 7) is 9.00. The predicted octanol–water partition coefficient (Wildman–Crippen LogP) is 3.81. The highest BCUT2D eigenvalue weighted by Gasteiger charge is 2.48. The number of amides is 1. The molecule has 4 heteroatoms. The quantitative estimate of drug-likeness (QED) is 0.909. The first-order valence-corrected chi connectivity index (χ1v) is 9.33. The second kappa shape index (κ2) is 5.32. The van der Waals surface area contributed by atoms with E-state index in [0.717, 1.165) is 5.56 Å². The molecule has 2 bridgehead atoms. The second-order valence-corrected chi connectivity index (χ2v) is 8.83. The highest BCUT2D eigenvalue weighted by atomic mass is 32.1. The first kappa shape index (κ1) is 15.2. The standard InChI is InChI=1S/C19H24N2OS/c1-12-10-14-4-5-15(11-16(14)23-12)18(22)20-17-13-6-8-21(9-7-13)19(17,2)3/h4-5,10-11,13,17H,6-9H2,1-3H3,(H,20,22)/t17-/m0/s1. The van der Waals surface area contributed by atoms with Gasteiger partial charge in [-0.15, -0.1) is 11.3 Å². The van der Waals surface area contributed by atoms with Gasteiger partial charge in [0.25, 0.3) is 5.91 Å². The third-order valence-electron chi connectivity index (χ3n) is 5.78. The first-order chi connectivity index (χ1) is 10.9. The van der Waals surface area contributed by atoms with Gasteiger partial charge in [0, 0.05) is 26.7 Å². The monoisotopic (exact) mass is 328 g/mol. The van der Waals surface area contributed by atoms with Crippen molar-refractivity contribution in [3.05, 3.63) is 34.7 Å². The summed E-state index contributed by atoms with van der Waals surface area (Å²) >= 11 is 1.75. The molecule has 0 saturated carbocycles. The van der Waals surface area contributed by atoms with Crippen LogP contribution in [0.1, 0.15) is 41.9 Å². The van der Waals surface area contributed by atoms with E-state index in [1.54, 1.807) is 11.3 Å². The van der Waals surface area contributed by atoms with Crippen molar-refractivity contribution >= 4 is 27.3 Å². The lowest BCUT2D eigenvalue weighted by atomic mass is 9.72. The van der Waals surface area contributed by atoms with E-state index in [1.165, 1.54) is 40.9 Å². The Balaban J connectivity index is 1.58. The van der Waals surface area contributed by atoms with Crippen molar-refractivity contribution in [1.82, 2.24) is 10.2 Å². The van der Waals surface area contributed by atoms with Crippen LogP contribution < -0.4 is 5.32 Å². The third kappa shape index (κ3) is 2.48. The average molecular weight is 328 g/mol. The van der Waals surface area contributed by atoms with E-state index < -0.39 is 0 Å². The molecule has 1 aromatic carbocycles. The molecule has 1 aromatic heterocycles. The summed E-state index contributed by atoms with van der Waals surface area (Å²) in [5, 5.41) is 4.58. The summed E-state index contributed by atoms with van der Waals surface area (Å²) in [4.78, 5) is 16.6. The molecule has 4 heterocycles. The van der Waals surface area contributed by atoms with E-state index in [9.17, 15) is 4.79 Å². The van der Waals surface area contributed by atoms with Crippen LogP contribution >= 0.6 is 11.3 Å². The number of thiophene rings is 1. The van der Waals surface area contributed by atoms with Gasteiger partial charge in [-0.1, -0.05) is 6.07 Å². The fourth-order valence-electron chi connectivity index (χ4n) is 4.41. The smallest absolute Gasteiger partial charge is 0.251 e. The molecule has 1 amide bonds. The van der Waals surface area contributed by atoms with E-state index in [-0.39, 0.29) is 17.5 Å². The van der Waals surface area contributed by atoms with Gasteiger partial charge >= 0.3 is 0 Å². The molecule has 0 unspecified atom stereocenters. The van der Waals surface area contributed by atoms with Gasteiger partial charge in [0.05, 0.1) is 0 Å². The van der Waals surface area contributed by atoms with Crippen molar-refractivity contribution in [2.45, 2.75) is 45.2 Å². The highest BCUT2D eigenvalue weighted by Crippen LogP contribution is 2.39. The van der Waals surface area contributed by atoms with Gasteiger partial charge in [-0.25, -0.2) is 0 Å². The Morgan fingerprint density at radius 1 is 1.26 bits per heavy atom. The van der Waals surface area contributed by atoms with Crippen LogP contribution in [0.15, 0.2) is 24.3 Å². The fourth-order valence-corrected chi connectivity index (χ4v) is 5.37. The lowest BCUT2D eigenvalue weighted by molar-refractivity contribution is -0.0378. The summed E-state index contributed by atoms with van der Waals surface area (Å²) in [5.74, 6) is 0.691. The highest BCUT2D eigenvalue weighted by molar-refractivity contribution is 7.19. The molecule has 0 radical (unpaired) electrons. The Morgan fingerprint density at radius 2 is 2.00 bits per heavy atom. The fraction of sp³-hybridized carbons (Fsp3) is 0.526. The topological polar surface area (TPSA) is 32.3 Å². The molecular weight excluding hydrogens is 304 g/mol. The van der Waals surface area contributed by atoms with Crippen molar-refractivity contribution < 1.29 is 4.79 Å². The van der Waals surface area contributed by atoms with Crippen molar-refractivity contribution in [3.63, 3.8) is 0 Å². The maximum Gasteiger partial charge on any atom is 0.251 e. The maximum absolute atomic E-state index is 12.8. The molecule has 0 spiro atoms. The number of nitrogens with one attached hydrogen (secondary N) is 1. The number of nitrogens with zero attached hydrogens (tertiary/aromatic N) is 1. The Morgan fingerprint density at radius 3 is 2.70 bits per heavy atom. The van der Waals surface area contributed by atoms with Crippen LogP contribution in [-0.4, -0.2) is 35.5 Å². The molecule has 2 aromatic rings. The Kier molecular flexibility index (Phi) is 3.50. The zero-order valence-corrected chi connectivity index (χ0v) is 14.9. The number of carbonyl (C=O) groups excluding carboxylic acids is 1. The SMILES string of the molecule is Cc1cc2ccc(C(=O)N[C@H]3C4CCN(CC4)C3(C)C)cc2s1. The molecule has 23 heavy (non-hydrogen) atoms. The van der Waals surface area contributed by atoms with Crippen LogP contribution in [0.5, 0.6) is 0 Å². The number of hydrogen-bond acceptors (Lipinski definition) is 3. The molecule has 5 rings (SSSR count). The predicted molar refractivity (Wildman–Crippen MR) is 96.2 cm³/mol. The molecule has 3 fully saturated rings. The Bertz CT molecular complexity index is 756. The van der Waals surface area contributed by atoms with Crippen LogP contribution in [0.3, 0.4) is 0 Å². The van der Waals surface area contributed by atoms with E-state index in [1.807, 2.05) is 12.1 Å². The van der Waals surface area contributed by atoms with Crippen molar-refractivity contribution in [2.24, 2.45) is 5.92 Å². The van der Waals surface area contributed by atoms with Gasteiger partial charge in [0.15, 0.2) is 0 Å². The van der Waals surface area contributed by atoms with Crippen LogP contribution in [0, 0.1) is 12.8 Å². The number of piperidine rings is 3. The van der Waals surface area contributed by atoms with Gasteiger partial charge < -0.3 is 5.32 Å². The molecule has 3 nitrogen and oxygen atoms in total. The second-order valence-electron chi connectivity index (χ2n) is 7.54. The summed E-state index contributed by atoms with van der Waals surface area (Å²) < 4.78 is 1.20. The van der Waals surface area contributed by atoms with E-state index in [0.29, 0.717) is 5.92 Å². The minimum absolute atomic E-state index is 0.0560.